The summed E-state index contributed by atoms with van der Waals surface area (Å²) < 4.78 is 9.98. The quantitative estimate of drug-likeness (QED) is 0.165. The minimum Gasteiger partial charge on any atom is -0.481 e. The van der Waals surface area contributed by atoms with E-state index in [0.29, 0.717) is 0 Å². The highest BCUT2D eigenvalue weighted by atomic mass is 16.5. The number of ether oxygens (including phenoxy) is 2. The summed E-state index contributed by atoms with van der Waals surface area (Å²) in [6.45, 7) is -0.863. The number of carbonyl (C=O) groups is 5. The van der Waals surface area contributed by atoms with Crippen molar-refractivity contribution in [1.29, 1.82) is 0 Å². The van der Waals surface area contributed by atoms with Gasteiger partial charge in [-0.25, -0.2) is 9.59 Å². The molecule has 28 heavy (non-hydrogen) atoms. The van der Waals surface area contributed by atoms with Crippen molar-refractivity contribution in [2.45, 2.75) is 43.9 Å². The molecule has 0 radical (unpaired) electrons. The van der Waals surface area contributed by atoms with Gasteiger partial charge in [0.2, 0.25) is 0 Å². The van der Waals surface area contributed by atoms with E-state index in [-0.39, 0.29) is 26.1 Å². The Morgan fingerprint density at radius 1 is 0.679 bits per heavy atom. The summed E-state index contributed by atoms with van der Waals surface area (Å²) in [5, 5.41) is 46.4. The highest BCUT2D eigenvalue weighted by Gasteiger charge is 2.24. The van der Waals surface area contributed by atoms with Crippen molar-refractivity contribution in [2.24, 2.45) is 0 Å². The van der Waals surface area contributed by atoms with Gasteiger partial charge < -0.3 is 40.3 Å². The maximum atomic E-state index is 10.9. The Kier molecular flexibility index (Phi) is 12.1. The monoisotopic (exact) mass is 409 g/mol. The van der Waals surface area contributed by atoms with Crippen LogP contribution in [0, 0.1) is 0 Å². The normalized spacial score (nSPS) is 14.0. The van der Waals surface area contributed by atoms with Crippen molar-refractivity contribution in [3.05, 3.63) is 0 Å². The first-order valence-electron chi connectivity index (χ1n) is 8.10. The number of hydrogen-bond donors (Lipinski definition) is 6. The van der Waals surface area contributed by atoms with Gasteiger partial charge in [-0.3, -0.25) is 14.4 Å². The average molecular weight is 409 g/mol. The van der Waals surface area contributed by atoms with Crippen molar-refractivity contribution >= 4 is 29.8 Å². The number of carboxylic acids is 5. The second-order valence-electron chi connectivity index (χ2n) is 5.64. The zero-order valence-electron chi connectivity index (χ0n) is 14.8. The fraction of sp³-hybridized carbons (Fsp3) is 0.667. The third-order valence-electron chi connectivity index (χ3n) is 3.38. The van der Waals surface area contributed by atoms with E-state index in [4.69, 9.17) is 35.0 Å². The number of rotatable bonds is 17. The van der Waals surface area contributed by atoms with E-state index >= 15 is 0 Å². The molecule has 2 unspecified atom stereocenters. The maximum Gasteiger partial charge on any atom is 0.333 e. The Morgan fingerprint density at radius 3 is 1.36 bits per heavy atom. The predicted octanol–water partition coefficient (Wildman–Crippen LogP) is -1.30. The lowest BCUT2D eigenvalue weighted by Crippen LogP contribution is -2.37. The zero-order chi connectivity index (χ0) is 21.7. The minimum atomic E-state index is -1.57. The van der Waals surface area contributed by atoms with Gasteiger partial charge in [-0.05, 0) is 12.8 Å². The van der Waals surface area contributed by atoms with E-state index in [0.717, 1.165) is 0 Å². The van der Waals surface area contributed by atoms with Gasteiger partial charge in [0.25, 0.3) is 0 Å². The summed E-state index contributed by atoms with van der Waals surface area (Å²) >= 11 is 0. The molecule has 0 heterocycles. The van der Waals surface area contributed by atoms with Gasteiger partial charge in [0.15, 0.2) is 12.2 Å². The number of hydrogen-bond acceptors (Lipinski definition) is 8. The minimum absolute atomic E-state index is 0.0801. The first-order chi connectivity index (χ1) is 13.0. The van der Waals surface area contributed by atoms with Crippen LogP contribution < -0.4 is 5.32 Å². The molecule has 0 aromatic rings. The molecule has 6 N–H and O–H groups in total. The molecule has 0 saturated carbocycles. The summed E-state index contributed by atoms with van der Waals surface area (Å²) in [4.78, 5) is 53.7. The molecule has 0 aromatic carbocycles. The lowest BCUT2D eigenvalue weighted by Gasteiger charge is -2.20. The first-order valence-corrected chi connectivity index (χ1v) is 8.10. The zero-order valence-corrected chi connectivity index (χ0v) is 14.8. The van der Waals surface area contributed by atoms with Gasteiger partial charge in [0.05, 0.1) is 19.4 Å². The largest absolute Gasteiger partial charge is 0.481 e. The molecule has 0 bridgehead atoms. The average Bonchev–Trinajstić information content (AvgIpc) is 2.56. The Hall–Kier alpha value is -2.77. The van der Waals surface area contributed by atoms with Crippen LogP contribution in [-0.2, 0) is 33.4 Å². The lowest BCUT2D eigenvalue weighted by atomic mass is 10.1. The van der Waals surface area contributed by atoms with Gasteiger partial charge in [0, 0.05) is 19.3 Å². The van der Waals surface area contributed by atoms with E-state index in [1.807, 2.05) is 0 Å². The van der Waals surface area contributed by atoms with Crippen LogP contribution in [-0.4, -0.2) is 93.4 Å². The van der Waals surface area contributed by atoms with Crippen LogP contribution in [0.5, 0.6) is 0 Å². The van der Waals surface area contributed by atoms with Crippen molar-refractivity contribution in [1.82, 2.24) is 5.32 Å². The van der Waals surface area contributed by atoms with Gasteiger partial charge in [-0.2, -0.15) is 0 Å². The Morgan fingerprint density at radius 2 is 1.07 bits per heavy atom. The highest BCUT2D eigenvalue weighted by molar-refractivity contribution is 5.80. The molecule has 0 spiro atoms. The van der Waals surface area contributed by atoms with Crippen molar-refractivity contribution in [3.63, 3.8) is 0 Å². The van der Waals surface area contributed by atoms with Crippen molar-refractivity contribution in [3.8, 4) is 0 Å². The maximum absolute atomic E-state index is 10.9. The van der Waals surface area contributed by atoms with Gasteiger partial charge in [0.1, 0.15) is 0 Å². The van der Waals surface area contributed by atoms with Gasteiger partial charge >= 0.3 is 29.8 Å². The molecule has 0 aromatic heterocycles. The van der Waals surface area contributed by atoms with Gasteiger partial charge in [-0.1, -0.05) is 0 Å². The summed E-state index contributed by atoms with van der Waals surface area (Å²) in [5.41, 5.74) is 0. The van der Waals surface area contributed by atoms with E-state index in [2.05, 4.69) is 5.32 Å². The number of aliphatic carboxylic acids is 5. The van der Waals surface area contributed by atoms with Crippen LogP contribution in [0.25, 0.3) is 0 Å². The van der Waals surface area contributed by atoms with Crippen molar-refractivity contribution in [2.75, 3.05) is 19.8 Å². The fourth-order valence-electron chi connectivity index (χ4n) is 2.04. The molecule has 0 aliphatic carbocycles. The van der Waals surface area contributed by atoms with E-state index in [1.54, 1.807) is 0 Å². The molecule has 0 aliphatic heterocycles. The van der Waals surface area contributed by atoms with Crippen LogP contribution in [0.3, 0.4) is 0 Å². The summed E-state index contributed by atoms with van der Waals surface area (Å²) in [5.74, 6) is -6.81. The van der Waals surface area contributed by atoms with E-state index in [1.165, 1.54) is 0 Å². The Bertz CT molecular complexity index is 523. The molecule has 13 nitrogen and oxygen atoms in total. The fourth-order valence-corrected chi connectivity index (χ4v) is 2.04. The Balaban J connectivity index is 4.61. The highest BCUT2D eigenvalue weighted by Crippen LogP contribution is 2.07. The topological polar surface area (TPSA) is 217 Å². The molecule has 2 atom stereocenters. The second-order valence-corrected chi connectivity index (χ2v) is 5.64. The molecule has 0 rings (SSSR count). The third kappa shape index (κ3) is 12.6. The molecule has 0 fully saturated rings. The molecule has 160 valence electrons. The number of carboxylic acid groups (broad SMARTS) is 5. The SMILES string of the molecule is O=C(O)CNC(CCOC(CC(=O)O)C(=O)O)CCOC(CC(=O)O)C(=O)O. The molecule has 0 amide bonds. The van der Waals surface area contributed by atoms with Crippen LogP contribution in [0.2, 0.25) is 0 Å². The summed E-state index contributed by atoms with van der Waals surface area (Å²) in [6.07, 6.45) is -4.47. The van der Waals surface area contributed by atoms with E-state index in [9.17, 15) is 24.0 Å². The van der Waals surface area contributed by atoms with Crippen molar-refractivity contribution < 1.29 is 59.0 Å². The molecule has 0 saturated heterocycles. The summed E-state index contributed by atoms with van der Waals surface area (Å²) in [7, 11) is 0. The standard InChI is InChI=1S/C15H23NO12/c17-11(18)5-9(14(23)24)27-3-1-8(16-7-13(21)22)2-4-28-10(15(25)26)6-12(19)20/h8-10,16H,1-7H2,(H,17,18)(H,19,20)(H,21,22)(H,23,24)(H,25,26). The number of nitrogens with one attached hydrogen (secondary N) is 1. The predicted molar refractivity (Wildman–Crippen MR) is 87.9 cm³/mol. The smallest absolute Gasteiger partial charge is 0.333 e. The first kappa shape index (κ1) is 25.2. The molecular formula is C15H23NO12. The molecule has 13 heteroatoms. The van der Waals surface area contributed by atoms with Crippen LogP contribution in [0.15, 0.2) is 0 Å². The van der Waals surface area contributed by atoms with Gasteiger partial charge in [-0.15, -0.1) is 0 Å². The van der Waals surface area contributed by atoms with Crippen LogP contribution in [0.1, 0.15) is 25.7 Å². The lowest BCUT2D eigenvalue weighted by molar-refractivity contribution is -0.157. The molecule has 0 aliphatic rings. The second kappa shape index (κ2) is 13.4. The van der Waals surface area contributed by atoms with Crippen LogP contribution >= 0.6 is 0 Å². The summed E-state index contributed by atoms with van der Waals surface area (Å²) in [6, 6.07) is -0.588. The molecular weight excluding hydrogens is 386 g/mol. The van der Waals surface area contributed by atoms with E-state index < -0.39 is 67.5 Å². The Labute approximate surface area is 158 Å². The third-order valence-corrected chi connectivity index (χ3v) is 3.38. The van der Waals surface area contributed by atoms with Crippen LogP contribution in [0.4, 0.5) is 0 Å².